The molecule has 0 spiro atoms. The molecule has 1 aromatic heterocycles. The lowest BCUT2D eigenvalue weighted by Crippen LogP contribution is -2.02. The molecule has 1 heterocycles. The van der Waals surface area contributed by atoms with E-state index >= 15 is 0 Å². The maximum absolute atomic E-state index is 9.16. The van der Waals surface area contributed by atoms with Gasteiger partial charge in [0.05, 0.1) is 22.3 Å². The van der Waals surface area contributed by atoms with E-state index in [-0.39, 0.29) is 0 Å². The fraction of sp³-hybridized carbons (Fsp3) is 0. The van der Waals surface area contributed by atoms with Gasteiger partial charge >= 0.3 is 0 Å². The predicted octanol–water partition coefficient (Wildman–Crippen LogP) is 2.48. The largest absolute Gasteiger partial charge is 0.369 e. The standard InChI is InChI=1S/C14H10N4/c15-9-10-5-1-3-7-12(10)18-13-8-4-2-6-11(13)17-14(18)16/h1-8H,(H2,16,17). The van der Waals surface area contributed by atoms with Crippen LogP contribution in [-0.4, -0.2) is 9.55 Å². The van der Waals surface area contributed by atoms with E-state index in [4.69, 9.17) is 11.0 Å². The van der Waals surface area contributed by atoms with Crippen molar-refractivity contribution in [1.29, 1.82) is 5.26 Å². The maximum atomic E-state index is 9.16. The number of anilines is 1. The van der Waals surface area contributed by atoms with Crippen LogP contribution in [-0.2, 0) is 0 Å². The molecule has 0 unspecified atom stereocenters. The predicted molar refractivity (Wildman–Crippen MR) is 70.2 cm³/mol. The third kappa shape index (κ3) is 1.42. The van der Waals surface area contributed by atoms with Gasteiger partial charge in [-0.25, -0.2) is 4.98 Å². The van der Waals surface area contributed by atoms with E-state index in [1.807, 2.05) is 42.5 Å². The van der Waals surface area contributed by atoms with Gasteiger partial charge in [-0.1, -0.05) is 24.3 Å². The lowest BCUT2D eigenvalue weighted by molar-refractivity contribution is 1.10. The minimum atomic E-state index is 0.388. The zero-order valence-electron chi connectivity index (χ0n) is 9.54. The molecule has 0 atom stereocenters. The van der Waals surface area contributed by atoms with E-state index in [0.29, 0.717) is 11.5 Å². The van der Waals surface area contributed by atoms with Crippen molar-refractivity contribution in [3.63, 3.8) is 0 Å². The normalized spacial score (nSPS) is 10.4. The highest BCUT2D eigenvalue weighted by Gasteiger charge is 2.11. The molecule has 3 rings (SSSR count). The van der Waals surface area contributed by atoms with Crippen molar-refractivity contribution < 1.29 is 0 Å². The van der Waals surface area contributed by atoms with Crippen molar-refractivity contribution in [2.45, 2.75) is 0 Å². The maximum Gasteiger partial charge on any atom is 0.205 e. The fourth-order valence-corrected chi connectivity index (χ4v) is 2.06. The topological polar surface area (TPSA) is 67.6 Å². The summed E-state index contributed by atoms with van der Waals surface area (Å²) in [6.07, 6.45) is 0. The molecule has 18 heavy (non-hydrogen) atoms. The highest BCUT2D eigenvalue weighted by molar-refractivity contribution is 5.81. The van der Waals surface area contributed by atoms with E-state index < -0.39 is 0 Å². The second-order valence-electron chi connectivity index (χ2n) is 3.92. The van der Waals surface area contributed by atoms with Crippen LogP contribution in [0, 0.1) is 11.3 Å². The number of para-hydroxylation sites is 3. The van der Waals surface area contributed by atoms with Crippen LogP contribution in [0.3, 0.4) is 0 Å². The van der Waals surface area contributed by atoms with Crippen molar-refractivity contribution in [3.8, 4) is 11.8 Å². The van der Waals surface area contributed by atoms with E-state index in [2.05, 4.69) is 11.1 Å². The Labute approximate surface area is 104 Å². The molecule has 86 valence electrons. The van der Waals surface area contributed by atoms with Crippen LogP contribution in [0.25, 0.3) is 16.7 Å². The van der Waals surface area contributed by atoms with Gasteiger partial charge in [0.2, 0.25) is 5.95 Å². The van der Waals surface area contributed by atoms with Gasteiger partial charge in [-0.05, 0) is 24.3 Å². The lowest BCUT2D eigenvalue weighted by Gasteiger charge is -2.07. The number of imidazole rings is 1. The number of rotatable bonds is 1. The molecule has 0 aliphatic rings. The van der Waals surface area contributed by atoms with Crippen molar-refractivity contribution in [2.24, 2.45) is 0 Å². The van der Waals surface area contributed by atoms with Crippen molar-refractivity contribution in [2.75, 3.05) is 5.73 Å². The van der Waals surface area contributed by atoms with Gasteiger partial charge < -0.3 is 5.73 Å². The van der Waals surface area contributed by atoms with Crippen LogP contribution in [0.1, 0.15) is 5.56 Å². The Kier molecular flexibility index (Phi) is 2.24. The zero-order chi connectivity index (χ0) is 12.5. The van der Waals surface area contributed by atoms with E-state index in [0.717, 1.165) is 16.7 Å². The van der Waals surface area contributed by atoms with Crippen molar-refractivity contribution in [1.82, 2.24) is 9.55 Å². The molecule has 0 aliphatic carbocycles. The Bertz CT molecular complexity index is 765. The minimum Gasteiger partial charge on any atom is -0.369 e. The van der Waals surface area contributed by atoms with E-state index in [1.165, 1.54) is 0 Å². The molecule has 4 heteroatoms. The number of hydrogen-bond acceptors (Lipinski definition) is 3. The Hall–Kier alpha value is -2.80. The Balaban J connectivity index is 2.39. The first kappa shape index (κ1) is 10.4. The van der Waals surface area contributed by atoms with Crippen molar-refractivity contribution in [3.05, 3.63) is 54.1 Å². The number of hydrogen-bond donors (Lipinski definition) is 1. The summed E-state index contributed by atoms with van der Waals surface area (Å²) in [4.78, 5) is 4.30. The van der Waals surface area contributed by atoms with Gasteiger partial charge in [0.25, 0.3) is 0 Å². The zero-order valence-corrected chi connectivity index (χ0v) is 9.54. The summed E-state index contributed by atoms with van der Waals surface area (Å²) in [6, 6.07) is 17.2. The highest BCUT2D eigenvalue weighted by atomic mass is 15.2. The molecule has 3 aromatic rings. The van der Waals surface area contributed by atoms with Gasteiger partial charge in [-0.2, -0.15) is 5.26 Å². The summed E-state index contributed by atoms with van der Waals surface area (Å²) in [5.74, 6) is 0.388. The summed E-state index contributed by atoms with van der Waals surface area (Å²) in [7, 11) is 0. The molecule has 0 aliphatic heterocycles. The Morgan fingerprint density at radius 2 is 1.78 bits per heavy atom. The average Bonchev–Trinajstić information content (AvgIpc) is 2.74. The molecule has 0 bridgehead atoms. The van der Waals surface area contributed by atoms with Crippen LogP contribution in [0.4, 0.5) is 5.95 Å². The third-order valence-electron chi connectivity index (χ3n) is 2.85. The Morgan fingerprint density at radius 1 is 1.06 bits per heavy atom. The molecule has 0 saturated carbocycles. The summed E-state index contributed by atoms with van der Waals surface area (Å²) in [5.41, 5.74) is 9.01. The highest BCUT2D eigenvalue weighted by Crippen LogP contribution is 2.24. The van der Waals surface area contributed by atoms with Crippen LogP contribution < -0.4 is 5.73 Å². The fourth-order valence-electron chi connectivity index (χ4n) is 2.06. The lowest BCUT2D eigenvalue weighted by atomic mass is 10.2. The first-order valence-electron chi connectivity index (χ1n) is 5.54. The minimum absolute atomic E-state index is 0.388. The molecule has 2 aromatic carbocycles. The number of nitriles is 1. The SMILES string of the molecule is N#Cc1ccccc1-n1c(N)nc2ccccc21. The van der Waals surface area contributed by atoms with Gasteiger partial charge in [0.1, 0.15) is 6.07 Å². The number of nitrogens with zero attached hydrogens (tertiary/aromatic N) is 3. The summed E-state index contributed by atoms with van der Waals surface area (Å²) < 4.78 is 1.80. The van der Waals surface area contributed by atoms with Crippen molar-refractivity contribution >= 4 is 17.0 Å². The number of nitrogen functional groups attached to an aromatic ring is 1. The van der Waals surface area contributed by atoms with Gasteiger partial charge in [0.15, 0.2) is 0 Å². The van der Waals surface area contributed by atoms with Crippen LogP contribution in [0.2, 0.25) is 0 Å². The van der Waals surface area contributed by atoms with Gasteiger partial charge in [-0.3, -0.25) is 4.57 Å². The number of nitrogens with two attached hydrogens (primary N) is 1. The summed E-state index contributed by atoms with van der Waals surface area (Å²) in [6.45, 7) is 0. The number of fused-ring (bicyclic) bond motifs is 1. The van der Waals surface area contributed by atoms with E-state index in [9.17, 15) is 0 Å². The second-order valence-corrected chi connectivity index (χ2v) is 3.92. The first-order valence-corrected chi connectivity index (χ1v) is 5.54. The summed E-state index contributed by atoms with van der Waals surface area (Å²) in [5, 5.41) is 9.16. The number of benzene rings is 2. The molecule has 0 fully saturated rings. The smallest absolute Gasteiger partial charge is 0.205 e. The van der Waals surface area contributed by atoms with Crippen LogP contribution >= 0.6 is 0 Å². The number of aromatic nitrogens is 2. The monoisotopic (exact) mass is 234 g/mol. The van der Waals surface area contributed by atoms with Crippen LogP contribution in [0.15, 0.2) is 48.5 Å². The molecular weight excluding hydrogens is 224 g/mol. The first-order chi connectivity index (χ1) is 8.81. The summed E-state index contributed by atoms with van der Waals surface area (Å²) >= 11 is 0. The van der Waals surface area contributed by atoms with E-state index in [1.54, 1.807) is 10.6 Å². The molecule has 0 saturated heterocycles. The molecular formula is C14H10N4. The molecule has 2 N–H and O–H groups in total. The second kappa shape index (κ2) is 3.90. The quantitative estimate of drug-likeness (QED) is 0.703. The molecule has 4 nitrogen and oxygen atoms in total. The average molecular weight is 234 g/mol. The van der Waals surface area contributed by atoms with Gasteiger partial charge in [0, 0.05) is 0 Å². The molecule has 0 radical (unpaired) electrons. The van der Waals surface area contributed by atoms with Crippen LogP contribution in [0.5, 0.6) is 0 Å². The third-order valence-corrected chi connectivity index (χ3v) is 2.85. The Morgan fingerprint density at radius 3 is 2.61 bits per heavy atom. The molecule has 0 amide bonds. The van der Waals surface area contributed by atoms with Gasteiger partial charge in [-0.15, -0.1) is 0 Å².